The van der Waals surface area contributed by atoms with E-state index in [4.69, 9.17) is 9.52 Å². The highest BCUT2D eigenvalue weighted by Gasteiger charge is 2.09. The van der Waals surface area contributed by atoms with Gasteiger partial charge in [0.1, 0.15) is 0 Å². The predicted molar refractivity (Wildman–Crippen MR) is 64.9 cm³/mol. The Morgan fingerprint density at radius 3 is 2.71 bits per heavy atom. The van der Waals surface area contributed by atoms with Crippen molar-refractivity contribution in [1.82, 2.24) is 4.98 Å². The Kier molecular flexibility index (Phi) is 3.43. The molecule has 88 valence electrons. The van der Waals surface area contributed by atoms with Gasteiger partial charge < -0.3 is 14.8 Å². The van der Waals surface area contributed by atoms with Crippen LogP contribution in [0.3, 0.4) is 0 Å². The van der Waals surface area contributed by atoms with Crippen LogP contribution in [0.1, 0.15) is 16.4 Å². The number of carboxylic acids is 1. The van der Waals surface area contributed by atoms with Gasteiger partial charge in [0, 0.05) is 10.2 Å². The van der Waals surface area contributed by atoms with Gasteiger partial charge in [-0.1, -0.05) is 15.9 Å². The number of carboxylic acid groups (broad SMARTS) is 1. The van der Waals surface area contributed by atoms with Gasteiger partial charge in [0.05, 0.1) is 12.7 Å². The molecule has 2 N–H and O–H groups in total. The second-order valence-electron chi connectivity index (χ2n) is 3.28. The molecule has 2 rings (SSSR count). The molecule has 0 fully saturated rings. The smallest absolute Gasteiger partial charge is 0.373 e. The number of hydrogen-bond donors (Lipinski definition) is 2. The minimum atomic E-state index is -1.12. The van der Waals surface area contributed by atoms with E-state index in [0.29, 0.717) is 12.4 Å². The van der Waals surface area contributed by atoms with Crippen molar-refractivity contribution < 1.29 is 14.3 Å². The number of oxazole rings is 1. The average molecular weight is 297 g/mol. The SMILES string of the molecule is O=C(O)c1cnc(CNc2ccc(Br)cc2)o1. The number of hydrogen-bond acceptors (Lipinski definition) is 4. The van der Waals surface area contributed by atoms with Crippen LogP contribution in [-0.4, -0.2) is 16.1 Å². The second-order valence-corrected chi connectivity index (χ2v) is 4.20. The van der Waals surface area contributed by atoms with Gasteiger partial charge in [0.15, 0.2) is 0 Å². The first-order chi connectivity index (χ1) is 8.15. The molecule has 0 saturated carbocycles. The summed E-state index contributed by atoms with van der Waals surface area (Å²) in [6.07, 6.45) is 1.20. The van der Waals surface area contributed by atoms with Crippen molar-refractivity contribution in [3.05, 3.63) is 46.6 Å². The second kappa shape index (κ2) is 5.01. The highest BCUT2D eigenvalue weighted by Crippen LogP contribution is 2.15. The van der Waals surface area contributed by atoms with Crippen LogP contribution < -0.4 is 5.32 Å². The maximum Gasteiger partial charge on any atom is 0.373 e. The first-order valence-corrected chi connectivity index (χ1v) is 5.62. The van der Waals surface area contributed by atoms with Crippen molar-refractivity contribution >= 4 is 27.6 Å². The fourth-order valence-electron chi connectivity index (χ4n) is 1.24. The molecule has 0 saturated heterocycles. The van der Waals surface area contributed by atoms with E-state index in [-0.39, 0.29) is 5.76 Å². The Balaban J connectivity index is 1.97. The highest BCUT2D eigenvalue weighted by molar-refractivity contribution is 9.10. The number of aromatic nitrogens is 1. The molecule has 6 heteroatoms. The Bertz CT molecular complexity index is 522. The summed E-state index contributed by atoms with van der Waals surface area (Å²) in [6.45, 7) is 0.342. The summed E-state index contributed by atoms with van der Waals surface area (Å²) in [6, 6.07) is 7.59. The molecule has 0 aliphatic heterocycles. The number of nitrogens with zero attached hydrogens (tertiary/aromatic N) is 1. The van der Waals surface area contributed by atoms with Crippen molar-refractivity contribution in [2.24, 2.45) is 0 Å². The molecule has 0 aliphatic rings. The van der Waals surface area contributed by atoms with Crippen molar-refractivity contribution in [3.63, 3.8) is 0 Å². The van der Waals surface area contributed by atoms with Crippen molar-refractivity contribution in [2.45, 2.75) is 6.54 Å². The maximum absolute atomic E-state index is 10.6. The summed E-state index contributed by atoms with van der Waals surface area (Å²) >= 11 is 3.34. The lowest BCUT2D eigenvalue weighted by atomic mass is 10.3. The van der Waals surface area contributed by atoms with Gasteiger partial charge in [-0.2, -0.15) is 0 Å². The van der Waals surface area contributed by atoms with Gasteiger partial charge in [-0.3, -0.25) is 0 Å². The van der Waals surface area contributed by atoms with Gasteiger partial charge in [-0.25, -0.2) is 9.78 Å². The number of anilines is 1. The first-order valence-electron chi connectivity index (χ1n) is 4.82. The van der Waals surface area contributed by atoms with Gasteiger partial charge >= 0.3 is 5.97 Å². The van der Waals surface area contributed by atoms with E-state index in [2.05, 4.69) is 26.2 Å². The molecule has 0 radical (unpaired) electrons. The summed E-state index contributed by atoms with van der Waals surface area (Å²) in [5.41, 5.74) is 0.906. The topological polar surface area (TPSA) is 75.4 Å². The molecule has 0 bridgehead atoms. The fourth-order valence-corrected chi connectivity index (χ4v) is 1.50. The lowest BCUT2D eigenvalue weighted by molar-refractivity contribution is 0.0660. The maximum atomic E-state index is 10.6. The van der Waals surface area contributed by atoms with Crippen LogP contribution in [0, 0.1) is 0 Å². The molecule has 0 spiro atoms. The fraction of sp³-hybridized carbons (Fsp3) is 0.0909. The summed E-state index contributed by atoms with van der Waals surface area (Å²) in [7, 11) is 0. The molecule has 1 aromatic carbocycles. The molecular weight excluding hydrogens is 288 g/mol. The van der Waals surface area contributed by atoms with Gasteiger partial charge in [0.2, 0.25) is 11.7 Å². The van der Waals surface area contributed by atoms with E-state index in [1.54, 1.807) is 0 Å². The molecule has 1 aromatic heterocycles. The Morgan fingerprint density at radius 1 is 1.41 bits per heavy atom. The monoisotopic (exact) mass is 296 g/mol. The van der Waals surface area contributed by atoms with E-state index >= 15 is 0 Å². The molecule has 0 unspecified atom stereocenters. The van der Waals surface area contributed by atoms with Crippen molar-refractivity contribution in [1.29, 1.82) is 0 Å². The highest BCUT2D eigenvalue weighted by atomic mass is 79.9. The summed E-state index contributed by atoms with van der Waals surface area (Å²) in [5, 5.41) is 11.7. The van der Waals surface area contributed by atoms with Gasteiger partial charge in [0.25, 0.3) is 0 Å². The number of aromatic carboxylic acids is 1. The van der Waals surface area contributed by atoms with E-state index in [1.165, 1.54) is 6.20 Å². The number of benzene rings is 1. The van der Waals surface area contributed by atoms with Crippen LogP contribution in [0.25, 0.3) is 0 Å². The largest absolute Gasteiger partial charge is 0.475 e. The molecule has 0 amide bonds. The van der Waals surface area contributed by atoms with E-state index in [1.807, 2.05) is 24.3 Å². The number of carbonyl (C=O) groups is 1. The summed E-state index contributed by atoms with van der Waals surface area (Å²) < 4.78 is 6.00. The molecule has 5 nitrogen and oxygen atoms in total. The minimum absolute atomic E-state index is 0.155. The predicted octanol–water partition coefficient (Wildman–Crippen LogP) is 2.75. The van der Waals surface area contributed by atoms with Crippen molar-refractivity contribution in [3.8, 4) is 0 Å². The molecular formula is C11H9BrN2O3. The Hall–Kier alpha value is -1.82. The van der Waals surface area contributed by atoms with Gasteiger partial charge in [-0.05, 0) is 24.3 Å². The van der Waals surface area contributed by atoms with E-state index < -0.39 is 5.97 Å². The number of rotatable bonds is 4. The Labute approximate surface area is 106 Å². The lowest BCUT2D eigenvalue weighted by Gasteiger charge is -2.03. The zero-order chi connectivity index (χ0) is 12.3. The molecule has 17 heavy (non-hydrogen) atoms. The minimum Gasteiger partial charge on any atom is -0.475 e. The Morgan fingerprint density at radius 2 is 2.12 bits per heavy atom. The molecule has 1 heterocycles. The summed E-state index contributed by atoms with van der Waals surface area (Å²) in [4.78, 5) is 14.4. The summed E-state index contributed by atoms with van der Waals surface area (Å²) in [5.74, 6) is -0.935. The molecule has 0 aliphatic carbocycles. The van der Waals surface area contributed by atoms with E-state index in [9.17, 15) is 4.79 Å². The average Bonchev–Trinajstić information content (AvgIpc) is 2.77. The lowest BCUT2D eigenvalue weighted by Crippen LogP contribution is -1.99. The third kappa shape index (κ3) is 3.07. The number of halogens is 1. The molecule has 2 aromatic rings. The zero-order valence-corrected chi connectivity index (χ0v) is 10.3. The van der Waals surface area contributed by atoms with Crippen LogP contribution in [0.4, 0.5) is 5.69 Å². The molecule has 0 atom stereocenters. The number of nitrogens with one attached hydrogen (secondary N) is 1. The van der Waals surface area contributed by atoms with Gasteiger partial charge in [-0.15, -0.1) is 0 Å². The third-order valence-corrected chi connectivity index (χ3v) is 2.58. The zero-order valence-electron chi connectivity index (χ0n) is 8.68. The first kappa shape index (κ1) is 11.7. The van der Waals surface area contributed by atoms with Crippen molar-refractivity contribution in [2.75, 3.05) is 5.32 Å². The third-order valence-electron chi connectivity index (χ3n) is 2.05. The van der Waals surface area contributed by atoms with Crippen LogP contribution in [-0.2, 0) is 6.54 Å². The van der Waals surface area contributed by atoms with Crippen LogP contribution in [0.2, 0.25) is 0 Å². The standard InChI is InChI=1S/C11H9BrN2O3/c12-7-1-3-8(4-2-7)13-6-10-14-5-9(17-10)11(15)16/h1-5,13H,6H2,(H,15,16). The normalized spacial score (nSPS) is 10.2. The quantitative estimate of drug-likeness (QED) is 0.907. The van der Waals surface area contributed by atoms with E-state index in [0.717, 1.165) is 10.2 Å². The van der Waals surface area contributed by atoms with Crippen LogP contribution in [0.15, 0.2) is 39.4 Å². The van der Waals surface area contributed by atoms with Crippen LogP contribution >= 0.6 is 15.9 Å². The van der Waals surface area contributed by atoms with Crippen LogP contribution in [0.5, 0.6) is 0 Å².